The lowest BCUT2D eigenvalue weighted by Crippen LogP contribution is -2.31. The topological polar surface area (TPSA) is 128 Å². The van der Waals surface area contributed by atoms with Crippen LogP contribution < -0.4 is 5.32 Å². The minimum Gasteiger partial charge on any atom is -0.476 e. The molecule has 10 nitrogen and oxygen atoms in total. The SMILES string of the molecule is COCCCC1(Cn2ncc(-c3sc(Cc4nnc(Nc5nc6ccccc6s5)c(C)c4C)nc3C(=O)O)c2C)CCCCC1. The zero-order chi connectivity index (χ0) is 31.6. The van der Waals surface area contributed by atoms with Gasteiger partial charge in [0.2, 0.25) is 0 Å². The molecule has 4 aromatic heterocycles. The number of aromatic carboxylic acids is 1. The van der Waals surface area contributed by atoms with Crippen LogP contribution in [0.2, 0.25) is 0 Å². The molecule has 0 amide bonds. The van der Waals surface area contributed by atoms with Crippen molar-refractivity contribution in [3.63, 3.8) is 0 Å². The summed E-state index contributed by atoms with van der Waals surface area (Å²) in [6.45, 7) is 7.66. The van der Waals surface area contributed by atoms with Crippen LogP contribution in [0.5, 0.6) is 0 Å². The van der Waals surface area contributed by atoms with E-state index >= 15 is 0 Å². The number of fused-ring (bicyclic) bond motifs is 1. The average Bonchev–Trinajstić information content (AvgIpc) is 3.74. The molecule has 1 aliphatic carbocycles. The molecule has 236 valence electrons. The van der Waals surface area contributed by atoms with E-state index in [0.717, 1.165) is 69.4 Å². The molecule has 5 aromatic rings. The van der Waals surface area contributed by atoms with E-state index in [0.29, 0.717) is 22.1 Å². The highest BCUT2D eigenvalue weighted by atomic mass is 32.1. The largest absolute Gasteiger partial charge is 0.476 e. The molecule has 1 saturated carbocycles. The number of ether oxygens (including phenoxy) is 1. The van der Waals surface area contributed by atoms with E-state index in [1.807, 2.05) is 51.2 Å². The highest BCUT2D eigenvalue weighted by Crippen LogP contribution is 2.43. The minimum atomic E-state index is -1.04. The van der Waals surface area contributed by atoms with Gasteiger partial charge in [0.25, 0.3) is 0 Å². The van der Waals surface area contributed by atoms with Crippen molar-refractivity contribution in [2.45, 2.75) is 78.7 Å². The molecule has 0 unspecified atom stereocenters. The minimum absolute atomic E-state index is 0.0570. The van der Waals surface area contributed by atoms with Gasteiger partial charge in [0, 0.05) is 37.9 Å². The van der Waals surface area contributed by atoms with Gasteiger partial charge >= 0.3 is 5.97 Å². The van der Waals surface area contributed by atoms with Crippen molar-refractivity contribution in [1.82, 2.24) is 29.9 Å². The summed E-state index contributed by atoms with van der Waals surface area (Å²) in [5.41, 5.74) is 5.71. The predicted octanol–water partition coefficient (Wildman–Crippen LogP) is 7.74. The molecule has 6 rings (SSSR count). The summed E-state index contributed by atoms with van der Waals surface area (Å²) in [7, 11) is 1.76. The number of thiazole rings is 2. The fraction of sp³-hybridized carbons (Fsp3) is 0.455. The van der Waals surface area contributed by atoms with E-state index in [9.17, 15) is 9.90 Å². The number of carboxylic acid groups (broad SMARTS) is 1. The molecule has 0 saturated heterocycles. The number of carboxylic acids is 1. The van der Waals surface area contributed by atoms with Gasteiger partial charge in [-0.1, -0.05) is 42.7 Å². The van der Waals surface area contributed by atoms with Crippen molar-refractivity contribution in [3.8, 4) is 10.4 Å². The quantitative estimate of drug-likeness (QED) is 0.131. The van der Waals surface area contributed by atoms with E-state index in [2.05, 4.69) is 30.2 Å². The van der Waals surface area contributed by atoms with Crippen LogP contribution in [-0.2, 0) is 17.7 Å². The summed E-state index contributed by atoms with van der Waals surface area (Å²) in [6, 6.07) is 8.01. The van der Waals surface area contributed by atoms with Gasteiger partial charge < -0.3 is 15.2 Å². The Morgan fingerprint density at radius 3 is 2.62 bits per heavy atom. The molecule has 0 atom stereocenters. The summed E-state index contributed by atoms with van der Waals surface area (Å²) in [6.07, 6.45) is 10.5. The predicted molar refractivity (Wildman–Crippen MR) is 179 cm³/mol. The van der Waals surface area contributed by atoms with Crippen LogP contribution in [0.15, 0.2) is 30.5 Å². The Bertz CT molecular complexity index is 1790. The molecule has 0 bridgehead atoms. The zero-order valence-corrected chi connectivity index (χ0v) is 27.9. The van der Waals surface area contributed by atoms with Gasteiger partial charge in [0.1, 0.15) is 5.01 Å². The number of hydrogen-bond donors (Lipinski definition) is 2. The number of methoxy groups -OCH3 is 1. The molecule has 4 heterocycles. The molecule has 2 N–H and O–H groups in total. The van der Waals surface area contributed by atoms with Gasteiger partial charge in [0.15, 0.2) is 16.6 Å². The van der Waals surface area contributed by atoms with Crippen molar-refractivity contribution in [3.05, 3.63) is 63.7 Å². The summed E-state index contributed by atoms with van der Waals surface area (Å²) in [5, 5.41) is 28.7. The van der Waals surface area contributed by atoms with Crippen LogP contribution in [0.3, 0.4) is 0 Å². The Morgan fingerprint density at radius 2 is 1.87 bits per heavy atom. The molecule has 1 aromatic carbocycles. The fourth-order valence-corrected chi connectivity index (χ4v) is 8.39. The monoisotopic (exact) mass is 645 g/mol. The Hall–Kier alpha value is -3.74. The number of nitrogens with one attached hydrogen (secondary N) is 1. The first-order chi connectivity index (χ1) is 21.8. The van der Waals surface area contributed by atoms with E-state index < -0.39 is 5.97 Å². The number of para-hydroxylation sites is 1. The van der Waals surface area contributed by atoms with Gasteiger partial charge in [-0.05, 0) is 75.1 Å². The molecular weight excluding hydrogens is 607 g/mol. The smallest absolute Gasteiger partial charge is 0.356 e. The first-order valence-electron chi connectivity index (χ1n) is 15.5. The molecule has 45 heavy (non-hydrogen) atoms. The Morgan fingerprint density at radius 1 is 1.07 bits per heavy atom. The van der Waals surface area contributed by atoms with Gasteiger partial charge in [-0.25, -0.2) is 14.8 Å². The second kappa shape index (κ2) is 13.3. The van der Waals surface area contributed by atoms with Crippen LogP contribution in [-0.4, -0.2) is 54.7 Å². The summed E-state index contributed by atoms with van der Waals surface area (Å²) < 4.78 is 8.53. The number of hydrogen-bond acceptors (Lipinski definition) is 10. The molecule has 12 heteroatoms. The average molecular weight is 646 g/mol. The number of benzene rings is 1. The zero-order valence-electron chi connectivity index (χ0n) is 26.2. The lowest BCUT2D eigenvalue weighted by molar-refractivity contribution is 0.0692. The lowest BCUT2D eigenvalue weighted by Gasteiger charge is -2.37. The van der Waals surface area contributed by atoms with E-state index in [4.69, 9.17) is 9.84 Å². The second-order valence-electron chi connectivity index (χ2n) is 12.1. The van der Waals surface area contributed by atoms with Crippen molar-refractivity contribution >= 4 is 49.8 Å². The van der Waals surface area contributed by atoms with Crippen LogP contribution >= 0.6 is 22.7 Å². The lowest BCUT2D eigenvalue weighted by atomic mass is 9.71. The van der Waals surface area contributed by atoms with Gasteiger partial charge in [-0.3, -0.25) is 4.68 Å². The molecule has 1 fully saturated rings. The second-order valence-corrected chi connectivity index (χ2v) is 14.2. The number of anilines is 2. The van der Waals surface area contributed by atoms with E-state index in [-0.39, 0.29) is 11.1 Å². The van der Waals surface area contributed by atoms with Gasteiger partial charge in [0.05, 0.1) is 27.0 Å². The summed E-state index contributed by atoms with van der Waals surface area (Å²) in [5.74, 6) is -0.389. The van der Waals surface area contributed by atoms with Crippen molar-refractivity contribution in [1.29, 1.82) is 0 Å². The standard InChI is InChI=1S/C33H39N7O3S2/c1-20-21(2)30(37-32-35-24-11-6-7-12-26(24)44-32)39-38-25(20)17-27-36-28(31(41)42)29(45-27)23-18-34-40(22(23)3)19-33(15-10-16-43-4)13-8-5-9-14-33/h6-7,11-12,18H,5,8-10,13-17,19H2,1-4H3,(H,41,42)(H,35,37,39). The molecule has 0 aliphatic heterocycles. The van der Waals surface area contributed by atoms with Crippen molar-refractivity contribution in [2.24, 2.45) is 5.41 Å². The third-order valence-corrected chi connectivity index (χ3v) is 11.2. The van der Waals surface area contributed by atoms with Crippen LogP contribution in [0.4, 0.5) is 10.9 Å². The van der Waals surface area contributed by atoms with Crippen LogP contribution in [0.1, 0.15) is 83.0 Å². The first kappa shape index (κ1) is 31.3. The maximum atomic E-state index is 12.4. The number of nitrogens with zero attached hydrogens (tertiary/aromatic N) is 6. The summed E-state index contributed by atoms with van der Waals surface area (Å²) in [4.78, 5) is 22.2. The molecular formula is C33H39N7O3S2. The van der Waals surface area contributed by atoms with Crippen molar-refractivity contribution < 1.29 is 14.6 Å². The van der Waals surface area contributed by atoms with Gasteiger partial charge in [-0.2, -0.15) is 10.2 Å². The maximum Gasteiger partial charge on any atom is 0.356 e. The molecule has 0 spiro atoms. The van der Waals surface area contributed by atoms with E-state index in [1.165, 1.54) is 43.4 Å². The summed E-state index contributed by atoms with van der Waals surface area (Å²) >= 11 is 2.96. The molecule has 1 aliphatic rings. The molecule has 0 radical (unpaired) electrons. The fourth-order valence-electron chi connectivity index (χ4n) is 6.41. The number of aromatic nitrogens is 6. The van der Waals surface area contributed by atoms with Crippen LogP contribution in [0.25, 0.3) is 20.7 Å². The first-order valence-corrected chi connectivity index (χ1v) is 17.1. The van der Waals surface area contributed by atoms with Gasteiger partial charge in [-0.15, -0.1) is 16.4 Å². The Kier molecular flexibility index (Phi) is 9.25. The number of carbonyl (C=O) groups is 1. The van der Waals surface area contributed by atoms with Crippen LogP contribution in [0, 0.1) is 26.2 Å². The van der Waals surface area contributed by atoms with Crippen molar-refractivity contribution in [2.75, 3.05) is 19.0 Å². The highest BCUT2D eigenvalue weighted by molar-refractivity contribution is 7.22. The third kappa shape index (κ3) is 6.63. The number of rotatable bonds is 12. The normalized spacial score (nSPS) is 14.7. The highest BCUT2D eigenvalue weighted by Gasteiger charge is 2.33. The maximum absolute atomic E-state index is 12.4. The van der Waals surface area contributed by atoms with E-state index in [1.54, 1.807) is 18.4 Å². The third-order valence-electron chi connectivity index (χ3n) is 9.14. The Labute approximate surface area is 270 Å². The Balaban J connectivity index is 1.23.